The quantitative estimate of drug-likeness (QED) is 0.319. The fourth-order valence-corrected chi connectivity index (χ4v) is 5.12. The molecule has 0 aliphatic carbocycles. The molecule has 212 valence electrons. The number of nitrogens with one attached hydrogen (secondary N) is 2. The summed E-state index contributed by atoms with van der Waals surface area (Å²) in [6, 6.07) is 11.7. The van der Waals surface area contributed by atoms with Crippen LogP contribution in [-0.4, -0.2) is 38.8 Å². The Hall–Kier alpha value is -3.66. The van der Waals surface area contributed by atoms with Gasteiger partial charge in [0.25, 0.3) is 0 Å². The molecule has 5 rings (SSSR count). The molecule has 2 N–H and O–H groups in total. The van der Waals surface area contributed by atoms with E-state index in [2.05, 4.69) is 43.2 Å². The van der Waals surface area contributed by atoms with Crippen LogP contribution in [0.5, 0.6) is 5.75 Å². The number of nitrogens with zero attached hydrogens (tertiary/aromatic N) is 4. The van der Waals surface area contributed by atoms with Gasteiger partial charge in [0.05, 0.1) is 12.3 Å². The lowest BCUT2D eigenvalue weighted by Crippen LogP contribution is -2.13. The van der Waals surface area contributed by atoms with Crippen molar-refractivity contribution in [2.75, 3.05) is 17.2 Å². The van der Waals surface area contributed by atoms with Gasteiger partial charge >= 0.3 is 0 Å². The van der Waals surface area contributed by atoms with E-state index in [9.17, 15) is 9.59 Å². The van der Waals surface area contributed by atoms with Crippen molar-refractivity contribution in [3.8, 4) is 5.75 Å². The summed E-state index contributed by atoms with van der Waals surface area (Å²) in [7, 11) is 0. The van der Waals surface area contributed by atoms with Crippen molar-refractivity contribution >= 4 is 34.1 Å². The summed E-state index contributed by atoms with van der Waals surface area (Å²) < 4.78 is 5.93. The minimum atomic E-state index is -0.0735. The molecule has 2 aliphatic rings. The van der Waals surface area contributed by atoms with Crippen molar-refractivity contribution in [3.63, 3.8) is 0 Å². The van der Waals surface area contributed by atoms with Gasteiger partial charge in [-0.05, 0) is 94.0 Å². The fourth-order valence-electron chi connectivity index (χ4n) is 4.32. The number of fused-ring (bicyclic) bond motifs is 19. The maximum absolute atomic E-state index is 12.5. The first-order valence-corrected chi connectivity index (χ1v) is 15.1. The number of hydrogen-bond donors (Lipinski definition) is 2. The van der Waals surface area contributed by atoms with E-state index in [4.69, 9.17) is 4.74 Å². The zero-order valence-corrected chi connectivity index (χ0v) is 23.8. The molecule has 2 aromatic heterocycles. The lowest BCUT2D eigenvalue weighted by atomic mass is 10.1. The molecule has 3 aromatic rings. The summed E-state index contributed by atoms with van der Waals surface area (Å²) in [6.45, 7) is 0.666. The van der Waals surface area contributed by atoms with Gasteiger partial charge in [0.1, 0.15) is 10.8 Å². The molecule has 0 unspecified atom stereocenters. The SMILES string of the molecule is O=C1CCCC/C=C/CCCCOc2cccc(c2)CCC(=O)Nc2nnc(s2)CCCCc2ccc(nn2)N1. The van der Waals surface area contributed by atoms with E-state index in [0.717, 1.165) is 86.2 Å². The molecule has 2 amide bonds. The molecule has 40 heavy (non-hydrogen) atoms. The molecule has 0 spiro atoms. The van der Waals surface area contributed by atoms with Gasteiger partial charge < -0.3 is 15.4 Å². The first-order chi connectivity index (χ1) is 19.6. The van der Waals surface area contributed by atoms with E-state index < -0.39 is 0 Å². The summed E-state index contributed by atoms with van der Waals surface area (Å²) in [5, 5.41) is 23.9. The molecule has 1 aromatic carbocycles. The number of carbonyl (C=O) groups excluding carboxylic acids is 2. The average Bonchev–Trinajstić information content (AvgIpc) is 3.40. The number of amides is 2. The number of allylic oxidation sites excluding steroid dienone is 2. The molecule has 6 bridgehead atoms. The first kappa shape index (κ1) is 29.3. The van der Waals surface area contributed by atoms with Gasteiger partial charge in [-0.2, -0.15) is 5.10 Å². The standard InChI is InChI=1S/C30H38N6O3S/c37-27-15-7-5-3-1-2-4-6-10-21-39-25-14-11-12-23(22-25)17-20-28(38)32-30-36-35-29(40-30)16-9-8-13-24-18-19-26(31-27)34-33-24/h1-2,11-12,14,18-19,22H,3-10,13,15-17,20-21H2,(H,31,34,37)(H,32,36,38)/b2-1+. The number of ether oxygens (including phenoxy) is 1. The second-order valence-corrected chi connectivity index (χ2v) is 11.0. The van der Waals surface area contributed by atoms with Gasteiger partial charge in [0.15, 0.2) is 5.82 Å². The second-order valence-electron chi connectivity index (χ2n) is 9.92. The van der Waals surface area contributed by atoms with Gasteiger partial charge in [0, 0.05) is 19.3 Å². The number of hydrogen-bond acceptors (Lipinski definition) is 8. The number of carbonyl (C=O) groups is 2. The molecule has 4 heterocycles. The highest BCUT2D eigenvalue weighted by Crippen LogP contribution is 2.19. The molecule has 0 saturated carbocycles. The zero-order chi connectivity index (χ0) is 27.8. The average molecular weight is 563 g/mol. The van der Waals surface area contributed by atoms with Crippen LogP contribution in [0.3, 0.4) is 0 Å². The Morgan fingerprint density at radius 3 is 2.35 bits per heavy atom. The molecule has 0 saturated heterocycles. The molecule has 2 aliphatic heterocycles. The number of anilines is 2. The van der Waals surface area contributed by atoms with Crippen LogP contribution in [0.2, 0.25) is 0 Å². The van der Waals surface area contributed by atoms with Gasteiger partial charge in [0.2, 0.25) is 16.9 Å². The van der Waals surface area contributed by atoms with Crippen LogP contribution in [0.15, 0.2) is 48.6 Å². The highest BCUT2D eigenvalue weighted by molar-refractivity contribution is 7.15. The third-order valence-corrected chi connectivity index (χ3v) is 7.44. The van der Waals surface area contributed by atoms with Crippen molar-refractivity contribution in [2.45, 2.75) is 83.5 Å². The third kappa shape index (κ3) is 10.8. The predicted octanol–water partition coefficient (Wildman–Crippen LogP) is 6.08. The van der Waals surface area contributed by atoms with E-state index >= 15 is 0 Å². The van der Waals surface area contributed by atoms with Crippen LogP contribution in [-0.2, 0) is 28.9 Å². The third-order valence-electron chi connectivity index (χ3n) is 6.54. The Morgan fingerprint density at radius 1 is 0.700 bits per heavy atom. The predicted molar refractivity (Wildman–Crippen MR) is 158 cm³/mol. The van der Waals surface area contributed by atoms with Crippen molar-refractivity contribution < 1.29 is 14.3 Å². The molecule has 10 heteroatoms. The highest BCUT2D eigenvalue weighted by Gasteiger charge is 2.10. The van der Waals surface area contributed by atoms with Crippen molar-refractivity contribution in [3.05, 3.63) is 64.8 Å². The summed E-state index contributed by atoms with van der Waals surface area (Å²) in [5.74, 6) is 1.23. The second kappa shape index (κ2) is 16.4. The number of aryl methyl sites for hydroxylation is 3. The van der Waals surface area contributed by atoms with Gasteiger partial charge in [-0.1, -0.05) is 35.6 Å². The summed E-state index contributed by atoms with van der Waals surface area (Å²) >= 11 is 1.42. The summed E-state index contributed by atoms with van der Waals surface area (Å²) in [4.78, 5) is 24.7. The lowest BCUT2D eigenvalue weighted by Gasteiger charge is -2.08. The fraction of sp³-hybridized carbons (Fsp3) is 0.467. The van der Waals surface area contributed by atoms with Crippen LogP contribution in [0.25, 0.3) is 0 Å². The molecule has 0 atom stereocenters. The Labute approximate surface area is 239 Å². The Kier molecular flexibility index (Phi) is 12.1. The number of aromatic nitrogens is 4. The maximum Gasteiger partial charge on any atom is 0.226 e. The molecule has 0 fully saturated rings. The van der Waals surface area contributed by atoms with Crippen LogP contribution < -0.4 is 15.4 Å². The largest absolute Gasteiger partial charge is 0.494 e. The zero-order valence-electron chi connectivity index (χ0n) is 22.9. The van der Waals surface area contributed by atoms with Crippen LogP contribution in [0, 0.1) is 0 Å². The summed E-state index contributed by atoms with van der Waals surface area (Å²) in [5.41, 5.74) is 1.96. The van der Waals surface area contributed by atoms with Gasteiger partial charge in [-0.15, -0.1) is 15.3 Å². The summed E-state index contributed by atoms with van der Waals surface area (Å²) in [6.07, 6.45) is 15.2. The monoisotopic (exact) mass is 562 g/mol. The van der Waals surface area contributed by atoms with Crippen LogP contribution >= 0.6 is 11.3 Å². The van der Waals surface area contributed by atoms with E-state index in [0.29, 0.717) is 36.8 Å². The van der Waals surface area contributed by atoms with Crippen LogP contribution in [0.1, 0.15) is 80.5 Å². The molecular weight excluding hydrogens is 524 g/mol. The minimum absolute atomic E-state index is 0.0282. The van der Waals surface area contributed by atoms with E-state index in [1.807, 2.05) is 36.4 Å². The molecule has 0 radical (unpaired) electrons. The Morgan fingerprint density at radius 2 is 1.50 bits per heavy atom. The lowest BCUT2D eigenvalue weighted by molar-refractivity contribution is -0.117. The topological polar surface area (TPSA) is 119 Å². The van der Waals surface area contributed by atoms with Crippen LogP contribution in [0.4, 0.5) is 10.9 Å². The first-order valence-electron chi connectivity index (χ1n) is 14.3. The van der Waals surface area contributed by atoms with Gasteiger partial charge in [-0.25, -0.2) is 0 Å². The maximum atomic E-state index is 12.5. The highest BCUT2D eigenvalue weighted by atomic mass is 32.1. The van der Waals surface area contributed by atoms with Crippen molar-refractivity contribution in [2.24, 2.45) is 0 Å². The minimum Gasteiger partial charge on any atom is -0.494 e. The molecule has 9 nitrogen and oxygen atoms in total. The smallest absolute Gasteiger partial charge is 0.226 e. The Bertz CT molecular complexity index is 1240. The van der Waals surface area contributed by atoms with Crippen molar-refractivity contribution in [1.29, 1.82) is 0 Å². The Balaban J connectivity index is 1.30. The van der Waals surface area contributed by atoms with Crippen molar-refractivity contribution in [1.82, 2.24) is 20.4 Å². The van der Waals surface area contributed by atoms with Gasteiger partial charge in [-0.3, -0.25) is 9.59 Å². The van der Waals surface area contributed by atoms with E-state index in [1.165, 1.54) is 11.3 Å². The normalized spacial score (nSPS) is 18.0. The molecular formula is C30H38N6O3S. The number of rotatable bonds is 0. The van der Waals surface area contributed by atoms with E-state index in [-0.39, 0.29) is 11.8 Å². The van der Waals surface area contributed by atoms with E-state index in [1.54, 1.807) is 0 Å². The number of benzene rings is 1.